The molecule has 1 N–H and O–H groups in total. The molecule has 4 nitrogen and oxygen atoms in total. The molecule has 2 rings (SSSR count). The first-order valence-corrected chi connectivity index (χ1v) is 7.94. The molecular weight excluding hydrogens is 320 g/mol. The van der Waals surface area contributed by atoms with Crippen molar-refractivity contribution in [3.63, 3.8) is 0 Å². The fourth-order valence-electron chi connectivity index (χ4n) is 2.96. The fourth-order valence-corrected chi connectivity index (χ4v) is 3.49. The van der Waals surface area contributed by atoms with Gasteiger partial charge in [0, 0.05) is 29.2 Å². The van der Waals surface area contributed by atoms with Gasteiger partial charge in [-0.05, 0) is 29.9 Å². The van der Waals surface area contributed by atoms with Crippen LogP contribution in [0.2, 0.25) is 0 Å². The molecule has 0 spiro atoms. The van der Waals surface area contributed by atoms with E-state index in [0.29, 0.717) is 18.5 Å². The number of nitro benzene ring substituents is 1. The topological polar surface area (TPSA) is 55.2 Å². The van der Waals surface area contributed by atoms with Crippen LogP contribution in [-0.2, 0) is 6.54 Å². The normalized spacial score (nSPS) is 26.4. The van der Waals surface area contributed by atoms with Crippen LogP contribution >= 0.6 is 15.9 Å². The second kappa shape index (κ2) is 6.68. The van der Waals surface area contributed by atoms with Gasteiger partial charge in [0.25, 0.3) is 5.69 Å². The number of rotatable bonds is 4. The minimum Gasteiger partial charge on any atom is -0.310 e. The summed E-state index contributed by atoms with van der Waals surface area (Å²) in [5.74, 6) is 1.41. The van der Waals surface area contributed by atoms with Crippen LogP contribution in [0.3, 0.4) is 0 Å². The van der Waals surface area contributed by atoms with Crippen molar-refractivity contribution in [2.75, 3.05) is 0 Å². The predicted octanol–water partition coefficient (Wildman–Crippen LogP) is 4.27. The van der Waals surface area contributed by atoms with E-state index in [-0.39, 0.29) is 10.6 Å². The molecule has 110 valence electrons. The standard InChI is InChI=1S/C15H21BrN2O2/c1-10-4-3-5-15(11(10)2)17-9-12-6-13(16)8-14(7-12)18(19)20/h6-8,10-11,15,17H,3-5,9H2,1-2H3. The van der Waals surface area contributed by atoms with Gasteiger partial charge in [0.1, 0.15) is 0 Å². The lowest BCUT2D eigenvalue weighted by molar-refractivity contribution is -0.385. The second-order valence-corrected chi connectivity index (χ2v) is 6.75. The molecule has 3 unspecified atom stereocenters. The van der Waals surface area contributed by atoms with Gasteiger partial charge in [0.05, 0.1) is 4.92 Å². The highest BCUT2D eigenvalue weighted by Gasteiger charge is 2.26. The average Bonchev–Trinajstić information content (AvgIpc) is 2.40. The lowest BCUT2D eigenvalue weighted by Gasteiger charge is -2.34. The minimum atomic E-state index is -0.348. The molecule has 0 aromatic heterocycles. The molecule has 1 aromatic rings. The SMILES string of the molecule is CC1CCCC(NCc2cc(Br)cc([N+](=O)[O-])c2)C1C. The molecule has 1 aliphatic rings. The molecule has 0 bridgehead atoms. The van der Waals surface area contributed by atoms with E-state index in [9.17, 15) is 10.1 Å². The predicted molar refractivity (Wildman–Crippen MR) is 83.6 cm³/mol. The molecule has 20 heavy (non-hydrogen) atoms. The van der Waals surface area contributed by atoms with Crippen LogP contribution in [0.25, 0.3) is 0 Å². The summed E-state index contributed by atoms with van der Waals surface area (Å²) in [6.45, 7) is 5.29. The minimum absolute atomic E-state index is 0.140. The molecule has 1 saturated carbocycles. The maximum atomic E-state index is 10.9. The van der Waals surface area contributed by atoms with E-state index in [1.54, 1.807) is 6.07 Å². The van der Waals surface area contributed by atoms with Gasteiger partial charge in [-0.1, -0.05) is 42.6 Å². The van der Waals surface area contributed by atoms with E-state index >= 15 is 0 Å². The van der Waals surface area contributed by atoms with Crippen LogP contribution in [-0.4, -0.2) is 11.0 Å². The summed E-state index contributed by atoms with van der Waals surface area (Å²) in [5.41, 5.74) is 1.10. The highest BCUT2D eigenvalue weighted by atomic mass is 79.9. The number of nitro groups is 1. The molecule has 1 fully saturated rings. The summed E-state index contributed by atoms with van der Waals surface area (Å²) in [5, 5.41) is 14.4. The number of hydrogen-bond donors (Lipinski definition) is 1. The Hall–Kier alpha value is -0.940. The number of nitrogens with zero attached hydrogens (tertiary/aromatic N) is 1. The number of halogens is 1. The van der Waals surface area contributed by atoms with Crippen molar-refractivity contribution in [3.8, 4) is 0 Å². The van der Waals surface area contributed by atoms with E-state index in [1.807, 2.05) is 6.07 Å². The summed E-state index contributed by atoms with van der Waals surface area (Å²) >= 11 is 3.34. The Kier molecular flexibility index (Phi) is 5.16. The Morgan fingerprint density at radius 3 is 2.80 bits per heavy atom. The van der Waals surface area contributed by atoms with Gasteiger partial charge < -0.3 is 5.32 Å². The molecule has 3 atom stereocenters. The zero-order valence-electron chi connectivity index (χ0n) is 11.9. The zero-order chi connectivity index (χ0) is 14.7. The smallest absolute Gasteiger partial charge is 0.270 e. The van der Waals surface area contributed by atoms with Crippen LogP contribution in [0, 0.1) is 22.0 Å². The van der Waals surface area contributed by atoms with Crippen molar-refractivity contribution >= 4 is 21.6 Å². The Labute approximate surface area is 128 Å². The van der Waals surface area contributed by atoms with Crippen molar-refractivity contribution in [1.29, 1.82) is 0 Å². The van der Waals surface area contributed by atoms with Gasteiger partial charge >= 0.3 is 0 Å². The summed E-state index contributed by atoms with van der Waals surface area (Å²) in [4.78, 5) is 10.5. The highest BCUT2D eigenvalue weighted by Crippen LogP contribution is 2.30. The van der Waals surface area contributed by atoms with Crippen molar-refractivity contribution in [2.45, 2.75) is 45.7 Å². The Balaban J connectivity index is 2.01. The monoisotopic (exact) mass is 340 g/mol. The lowest BCUT2D eigenvalue weighted by atomic mass is 9.78. The van der Waals surface area contributed by atoms with Gasteiger partial charge in [-0.15, -0.1) is 0 Å². The van der Waals surface area contributed by atoms with Gasteiger partial charge in [-0.3, -0.25) is 10.1 Å². The summed E-state index contributed by atoms with van der Waals surface area (Å²) in [6.07, 6.45) is 3.77. The molecular formula is C15H21BrN2O2. The molecule has 1 aromatic carbocycles. The third-order valence-electron chi connectivity index (χ3n) is 4.43. The molecule has 1 aliphatic carbocycles. The van der Waals surface area contributed by atoms with Crippen LogP contribution in [0.15, 0.2) is 22.7 Å². The average molecular weight is 341 g/mol. The molecule has 0 aliphatic heterocycles. The van der Waals surface area contributed by atoms with E-state index < -0.39 is 0 Å². The molecule has 0 saturated heterocycles. The van der Waals surface area contributed by atoms with E-state index in [1.165, 1.54) is 25.3 Å². The highest BCUT2D eigenvalue weighted by molar-refractivity contribution is 9.10. The van der Waals surface area contributed by atoms with Crippen molar-refractivity contribution in [1.82, 2.24) is 5.32 Å². The van der Waals surface area contributed by atoms with Crippen molar-refractivity contribution < 1.29 is 4.92 Å². The largest absolute Gasteiger partial charge is 0.310 e. The number of non-ortho nitro benzene ring substituents is 1. The number of hydrogen-bond acceptors (Lipinski definition) is 3. The third kappa shape index (κ3) is 3.79. The summed E-state index contributed by atoms with van der Waals surface area (Å²) < 4.78 is 0.758. The lowest BCUT2D eigenvalue weighted by Crippen LogP contribution is -2.40. The van der Waals surface area contributed by atoms with Crippen LogP contribution in [0.1, 0.15) is 38.7 Å². The molecule has 0 radical (unpaired) electrons. The Morgan fingerprint density at radius 1 is 1.35 bits per heavy atom. The van der Waals surface area contributed by atoms with Gasteiger partial charge in [-0.25, -0.2) is 0 Å². The quantitative estimate of drug-likeness (QED) is 0.657. The van der Waals surface area contributed by atoms with Crippen LogP contribution in [0.4, 0.5) is 5.69 Å². The third-order valence-corrected chi connectivity index (χ3v) is 4.89. The maximum Gasteiger partial charge on any atom is 0.270 e. The van der Waals surface area contributed by atoms with Crippen LogP contribution < -0.4 is 5.32 Å². The first-order chi connectivity index (χ1) is 9.47. The number of nitrogens with one attached hydrogen (secondary N) is 1. The summed E-state index contributed by atoms with van der Waals surface area (Å²) in [6, 6.07) is 5.64. The molecule has 0 heterocycles. The Morgan fingerprint density at radius 2 is 2.10 bits per heavy atom. The number of benzene rings is 1. The van der Waals surface area contributed by atoms with Crippen molar-refractivity contribution in [3.05, 3.63) is 38.3 Å². The molecule has 0 amide bonds. The van der Waals surface area contributed by atoms with Gasteiger partial charge in [0.2, 0.25) is 0 Å². The van der Waals surface area contributed by atoms with Crippen molar-refractivity contribution in [2.24, 2.45) is 11.8 Å². The second-order valence-electron chi connectivity index (χ2n) is 5.83. The summed E-state index contributed by atoms with van der Waals surface area (Å²) in [7, 11) is 0. The molecule has 5 heteroatoms. The zero-order valence-corrected chi connectivity index (χ0v) is 13.5. The van der Waals surface area contributed by atoms with Gasteiger partial charge in [0.15, 0.2) is 0 Å². The van der Waals surface area contributed by atoms with E-state index in [4.69, 9.17) is 0 Å². The fraction of sp³-hybridized carbons (Fsp3) is 0.600. The van der Waals surface area contributed by atoms with Crippen LogP contribution in [0.5, 0.6) is 0 Å². The first kappa shape index (κ1) is 15.4. The van der Waals surface area contributed by atoms with E-state index in [2.05, 4.69) is 35.1 Å². The van der Waals surface area contributed by atoms with E-state index in [0.717, 1.165) is 16.0 Å². The maximum absolute atomic E-state index is 10.9. The first-order valence-electron chi connectivity index (χ1n) is 7.14. The Bertz CT molecular complexity index is 493. The van der Waals surface area contributed by atoms with Gasteiger partial charge in [-0.2, -0.15) is 0 Å².